The van der Waals surface area contributed by atoms with Gasteiger partial charge in [-0.2, -0.15) is 0 Å². The molecule has 0 aromatic rings. The molecule has 1 heterocycles. The van der Waals surface area contributed by atoms with E-state index in [4.69, 9.17) is 4.74 Å². The van der Waals surface area contributed by atoms with Gasteiger partial charge in [0.05, 0.1) is 12.7 Å². The second kappa shape index (κ2) is 7.48. The minimum Gasteiger partial charge on any atom is -0.373 e. The largest absolute Gasteiger partial charge is 0.373 e. The molecule has 0 aromatic carbocycles. The van der Waals surface area contributed by atoms with Crippen molar-refractivity contribution in [1.82, 2.24) is 0 Å². The van der Waals surface area contributed by atoms with E-state index < -0.39 is 0 Å². The Morgan fingerprint density at radius 2 is 2.18 bits per heavy atom. The molecule has 0 aliphatic carbocycles. The molecular formula is C9H18O2. The van der Waals surface area contributed by atoms with Gasteiger partial charge in [0.1, 0.15) is 0 Å². The maximum absolute atomic E-state index is 9.69. The first kappa shape index (κ1) is 13.0. The van der Waals surface area contributed by atoms with Crippen LogP contribution in [0.2, 0.25) is 0 Å². The Balaban J connectivity index is 0. The Hall–Kier alpha value is -0.630. The summed E-state index contributed by atoms with van der Waals surface area (Å²) < 4.78 is 4.86. The number of hydrogen-bond acceptors (Lipinski definition) is 2. The van der Waals surface area contributed by atoms with Gasteiger partial charge < -0.3 is 4.74 Å². The molecule has 1 rings (SSSR count). The van der Waals surface area contributed by atoms with E-state index in [0.29, 0.717) is 6.10 Å². The Kier molecular flexibility index (Phi) is 8.83. The first-order valence-electron chi connectivity index (χ1n) is 3.45. The molecule has 0 saturated carbocycles. The van der Waals surface area contributed by atoms with Crippen LogP contribution in [0.1, 0.15) is 27.7 Å². The van der Waals surface area contributed by atoms with Crippen LogP contribution in [0.3, 0.4) is 0 Å². The molecule has 0 bridgehead atoms. The molecule has 1 saturated heterocycles. The fourth-order valence-corrected chi connectivity index (χ4v) is 0.304. The fourth-order valence-electron chi connectivity index (χ4n) is 0.304. The molecular weight excluding hydrogens is 140 g/mol. The zero-order chi connectivity index (χ0) is 7.98. The highest BCUT2D eigenvalue weighted by Gasteiger charge is 2.18. The maximum Gasteiger partial charge on any atom is 0.152 e. The fraction of sp³-hybridized carbons (Fsp3) is 0.667. The van der Waals surface area contributed by atoms with E-state index in [9.17, 15) is 4.79 Å². The highest BCUT2D eigenvalue weighted by Crippen LogP contribution is 2.10. The van der Waals surface area contributed by atoms with Gasteiger partial charge in [0.2, 0.25) is 0 Å². The molecule has 0 aromatic heterocycles. The molecule has 0 spiro atoms. The van der Waals surface area contributed by atoms with Crippen molar-refractivity contribution in [3.63, 3.8) is 0 Å². The van der Waals surface area contributed by atoms with Crippen LogP contribution in [0.4, 0.5) is 0 Å². The van der Waals surface area contributed by atoms with E-state index in [2.05, 4.69) is 13.5 Å². The van der Waals surface area contributed by atoms with E-state index in [-0.39, 0.29) is 13.2 Å². The minimum atomic E-state index is 0. The molecule has 2 heteroatoms. The van der Waals surface area contributed by atoms with Gasteiger partial charge in [0.15, 0.2) is 5.78 Å². The summed E-state index contributed by atoms with van der Waals surface area (Å²) in [7, 11) is 0. The number of rotatable bonds is 2. The Labute approximate surface area is 69.3 Å². The van der Waals surface area contributed by atoms with Crippen LogP contribution in [-0.2, 0) is 9.53 Å². The van der Waals surface area contributed by atoms with Gasteiger partial charge >= 0.3 is 0 Å². The number of hydrogen-bond donors (Lipinski definition) is 0. The summed E-state index contributed by atoms with van der Waals surface area (Å²) in [5.74, 6) is 0.0185. The number of ether oxygens (including phenoxy) is 1. The van der Waals surface area contributed by atoms with Crippen molar-refractivity contribution in [1.29, 1.82) is 0 Å². The van der Waals surface area contributed by atoms with Crippen LogP contribution in [0, 0.1) is 0 Å². The Morgan fingerprint density at radius 3 is 2.18 bits per heavy atom. The minimum absolute atomic E-state index is 0. The first-order chi connectivity index (χ1) is 4.70. The van der Waals surface area contributed by atoms with E-state index >= 15 is 0 Å². The Bertz CT molecular complexity index is 115. The van der Waals surface area contributed by atoms with E-state index in [1.165, 1.54) is 19.4 Å². The first-order valence-corrected chi connectivity index (χ1v) is 3.45. The van der Waals surface area contributed by atoms with Crippen LogP contribution in [0.15, 0.2) is 12.7 Å². The van der Waals surface area contributed by atoms with Crippen molar-refractivity contribution >= 4 is 5.78 Å². The van der Waals surface area contributed by atoms with Gasteiger partial charge in [0.25, 0.3) is 0 Å². The lowest BCUT2D eigenvalue weighted by atomic mass is 10.4. The topological polar surface area (TPSA) is 29.6 Å². The zero-order valence-electron chi connectivity index (χ0n) is 6.59. The van der Waals surface area contributed by atoms with Crippen molar-refractivity contribution in [3.05, 3.63) is 12.7 Å². The summed E-state index contributed by atoms with van der Waals surface area (Å²) in [6.07, 6.45) is 3.11. The number of ketones is 1. The monoisotopic (exact) mass is 158 g/mol. The molecule has 11 heavy (non-hydrogen) atoms. The van der Waals surface area contributed by atoms with E-state index in [1.54, 1.807) is 0 Å². The van der Waals surface area contributed by atoms with Gasteiger partial charge in [-0.15, -0.1) is 0 Å². The number of allylic oxidation sites excluding steroid dienone is 1. The summed E-state index contributed by atoms with van der Waals surface area (Å²) in [5, 5.41) is 0. The highest BCUT2D eigenvalue weighted by molar-refractivity contribution is 5.86. The lowest BCUT2D eigenvalue weighted by molar-refractivity contribution is -0.112. The summed E-state index contributed by atoms with van der Waals surface area (Å²) >= 11 is 0. The summed E-state index contributed by atoms with van der Waals surface area (Å²) in [4.78, 5) is 9.69. The standard InChI is InChI=1S/C4H8O.C4H6O.CH4/c1-2-4-3-5-4;1-3-4(2)5;/h4H,2-3H2,1H3;3H,1H2,2H3;1H4. The van der Waals surface area contributed by atoms with Crippen LogP contribution >= 0.6 is 0 Å². The van der Waals surface area contributed by atoms with Gasteiger partial charge in [-0.25, -0.2) is 0 Å². The zero-order valence-corrected chi connectivity index (χ0v) is 6.59. The Morgan fingerprint density at radius 1 is 1.82 bits per heavy atom. The van der Waals surface area contributed by atoms with Crippen molar-refractivity contribution in [3.8, 4) is 0 Å². The number of epoxide rings is 1. The van der Waals surface area contributed by atoms with Crippen molar-refractivity contribution < 1.29 is 9.53 Å². The average Bonchev–Trinajstić information content (AvgIpc) is 2.70. The van der Waals surface area contributed by atoms with Crippen molar-refractivity contribution in [2.45, 2.75) is 33.8 Å². The van der Waals surface area contributed by atoms with E-state index in [1.807, 2.05) is 0 Å². The predicted molar refractivity (Wildman–Crippen MR) is 47.6 cm³/mol. The van der Waals surface area contributed by atoms with Crippen molar-refractivity contribution in [2.75, 3.05) is 6.61 Å². The average molecular weight is 158 g/mol. The number of carbonyl (C=O) groups excluding carboxylic acids is 1. The molecule has 66 valence electrons. The predicted octanol–water partition coefficient (Wildman–Crippen LogP) is 2.19. The van der Waals surface area contributed by atoms with Crippen LogP contribution < -0.4 is 0 Å². The summed E-state index contributed by atoms with van der Waals surface area (Å²) in [5.41, 5.74) is 0. The molecule has 1 atom stereocenters. The van der Waals surface area contributed by atoms with Crippen LogP contribution in [0.25, 0.3) is 0 Å². The second-order valence-corrected chi connectivity index (χ2v) is 2.18. The quantitative estimate of drug-likeness (QED) is 0.455. The molecule has 1 unspecified atom stereocenters. The summed E-state index contributed by atoms with van der Waals surface area (Å²) in [6.45, 7) is 7.82. The SMILES string of the molecule is C.C=CC(C)=O.CCC1CO1. The normalized spacial score (nSPS) is 18.5. The van der Waals surface area contributed by atoms with E-state index in [0.717, 1.165) is 6.61 Å². The highest BCUT2D eigenvalue weighted by atomic mass is 16.6. The van der Waals surface area contributed by atoms with Gasteiger partial charge in [-0.3, -0.25) is 4.79 Å². The molecule has 0 amide bonds. The molecule has 0 N–H and O–H groups in total. The number of carbonyl (C=O) groups is 1. The third kappa shape index (κ3) is 12.5. The third-order valence-electron chi connectivity index (χ3n) is 1.15. The van der Waals surface area contributed by atoms with Gasteiger partial charge in [0, 0.05) is 0 Å². The van der Waals surface area contributed by atoms with Gasteiger partial charge in [-0.1, -0.05) is 20.9 Å². The van der Waals surface area contributed by atoms with Gasteiger partial charge in [-0.05, 0) is 19.4 Å². The molecule has 1 aliphatic rings. The van der Waals surface area contributed by atoms with Crippen LogP contribution in [-0.4, -0.2) is 18.5 Å². The third-order valence-corrected chi connectivity index (χ3v) is 1.15. The van der Waals surface area contributed by atoms with Crippen molar-refractivity contribution in [2.24, 2.45) is 0 Å². The molecule has 0 radical (unpaired) electrons. The molecule has 2 nitrogen and oxygen atoms in total. The summed E-state index contributed by atoms with van der Waals surface area (Å²) in [6, 6.07) is 0. The van der Waals surface area contributed by atoms with Crippen LogP contribution in [0.5, 0.6) is 0 Å². The maximum atomic E-state index is 9.69. The lowest BCUT2D eigenvalue weighted by Gasteiger charge is -1.69. The molecule has 1 fully saturated rings. The smallest absolute Gasteiger partial charge is 0.152 e. The molecule has 1 aliphatic heterocycles. The lowest BCUT2D eigenvalue weighted by Crippen LogP contribution is -1.74. The second-order valence-electron chi connectivity index (χ2n) is 2.18.